The van der Waals surface area contributed by atoms with Crippen LogP contribution in [0.3, 0.4) is 0 Å². The fraction of sp³-hybridized carbons (Fsp3) is 0.667. The van der Waals surface area contributed by atoms with Gasteiger partial charge in [-0.15, -0.1) is 0 Å². The first-order chi connectivity index (χ1) is 8.58. The maximum atomic E-state index is 12.9. The molecule has 1 aliphatic carbocycles. The predicted octanol–water partition coefficient (Wildman–Crippen LogP) is 1.81. The van der Waals surface area contributed by atoms with E-state index in [1.807, 2.05) is 0 Å². The Morgan fingerprint density at radius 1 is 1.61 bits per heavy atom. The Hall–Kier alpha value is -1.46. The molecular formula is C12H17F2N3O. The van der Waals surface area contributed by atoms with E-state index in [1.165, 1.54) is 0 Å². The van der Waals surface area contributed by atoms with Crippen molar-refractivity contribution in [3.05, 3.63) is 17.5 Å². The molecule has 2 N–H and O–H groups in total. The van der Waals surface area contributed by atoms with Gasteiger partial charge >= 0.3 is 0 Å². The maximum absolute atomic E-state index is 12.9. The summed E-state index contributed by atoms with van der Waals surface area (Å²) in [5, 5.41) is 8.97. The lowest BCUT2D eigenvalue weighted by Crippen LogP contribution is -2.47. The van der Waals surface area contributed by atoms with Gasteiger partial charge in [-0.05, 0) is 25.7 Å². The van der Waals surface area contributed by atoms with E-state index in [4.69, 9.17) is 0 Å². The van der Waals surface area contributed by atoms with Gasteiger partial charge in [0.25, 0.3) is 6.43 Å². The summed E-state index contributed by atoms with van der Waals surface area (Å²) in [6.45, 7) is 1.80. The van der Waals surface area contributed by atoms with Crippen molar-refractivity contribution in [2.75, 3.05) is 0 Å². The third-order valence-electron chi connectivity index (χ3n) is 3.54. The maximum Gasteiger partial charge on any atom is 0.258 e. The van der Waals surface area contributed by atoms with Crippen LogP contribution in [0.5, 0.6) is 0 Å². The van der Waals surface area contributed by atoms with Gasteiger partial charge in [-0.25, -0.2) is 8.78 Å². The molecule has 1 aromatic heterocycles. The third kappa shape index (κ3) is 2.86. The number of carbonyl (C=O) groups is 1. The van der Waals surface area contributed by atoms with E-state index in [-0.39, 0.29) is 18.2 Å². The number of carbonyl (C=O) groups excluding carboxylic acids is 1. The fourth-order valence-electron chi connectivity index (χ4n) is 2.15. The van der Waals surface area contributed by atoms with Gasteiger partial charge < -0.3 is 5.32 Å². The molecule has 2 rings (SSSR count). The number of nitrogens with one attached hydrogen (secondary N) is 2. The summed E-state index contributed by atoms with van der Waals surface area (Å²) in [5.41, 5.74) is 1.54. The van der Waals surface area contributed by atoms with Gasteiger partial charge in [-0.3, -0.25) is 9.89 Å². The highest BCUT2D eigenvalue weighted by Gasteiger charge is 2.34. The quantitative estimate of drug-likeness (QED) is 0.845. The summed E-state index contributed by atoms with van der Waals surface area (Å²) in [7, 11) is 0. The first-order valence-electron chi connectivity index (χ1n) is 6.14. The van der Waals surface area contributed by atoms with Gasteiger partial charge in [-0.2, -0.15) is 5.10 Å². The molecule has 0 unspecified atom stereocenters. The molecule has 1 amide bonds. The number of aromatic amines is 1. The summed E-state index contributed by atoms with van der Waals surface area (Å²) in [5.74, 6) is -0.434. The van der Waals surface area contributed by atoms with Crippen LogP contribution < -0.4 is 5.32 Å². The topological polar surface area (TPSA) is 57.8 Å². The molecule has 18 heavy (non-hydrogen) atoms. The van der Waals surface area contributed by atoms with Crippen molar-refractivity contribution >= 4 is 5.91 Å². The Morgan fingerprint density at radius 3 is 2.78 bits per heavy atom. The van der Waals surface area contributed by atoms with E-state index in [9.17, 15) is 13.6 Å². The standard InChI is InChI=1S/C12H17F2N3O/c1-7-9(6-15-17-7)5-10(18)16-11(12(13)14)8-3-2-4-8/h6,8,11-12H,2-5H2,1H3,(H,15,17)(H,16,18)/t11-/m1/s1. The Kier molecular flexibility index (Phi) is 3.93. The Morgan fingerprint density at radius 2 is 2.33 bits per heavy atom. The number of aryl methyl sites for hydroxylation is 1. The Labute approximate surface area is 104 Å². The molecule has 0 saturated heterocycles. The van der Waals surface area contributed by atoms with Crippen LogP contribution >= 0.6 is 0 Å². The van der Waals surface area contributed by atoms with Crippen molar-refractivity contribution < 1.29 is 13.6 Å². The van der Waals surface area contributed by atoms with Crippen LogP contribution in [-0.2, 0) is 11.2 Å². The number of H-pyrrole nitrogens is 1. The molecule has 1 saturated carbocycles. The average Bonchev–Trinajstić information content (AvgIpc) is 2.60. The van der Waals surface area contributed by atoms with Crippen molar-refractivity contribution in [3.63, 3.8) is 0 Å². The molecule has 0 bridgehead atoms. The second-order valence-corrected chi connectivity index (χ2v) is 4.82. The highest BCUT2D eigenvalue weighted by atomic mass is 19.3. The molecular weight excluding hydrogens is 240 g/mol. The van der Waals surface area contributed by atoms with E-state index in [0.717, 1.165) is 30.5 Å². The lowest BCUT2D eigenvalue weighted by atomic mass is 9.79. The fourth-order valence-corrected chi connectivity index (χ4v) is 2.15. The number of hydrogen-bond donors (Lipinski definition) is 2. The van der Waals surface area contributed by atoms with Crippen molar-refractivity contribution in [2.45, 2.75) is 45.1 Å². The first-order valence-corrected chi connectivity index (χ1v) is 6.14. The smallest absolute Gasteiger partial charge is 0.258 e. The third-order valence-corrected chi connectivity index (χ3v) is 3.54. The molecule has 1 aliphatic rings. The molecule has 1 heterocycles. The highest BCUT2D eigenvalue weighted by Crippen LogP contribution is 2.32. The van der Waals surface area contributed by atoms with Crippen LogP contribution in [0.15, 0.2) is 6.20 Å². The molecule has 0 aromatic carbocycles. The Bertz CT molecular complexity index is 415. The molecule has 100 valence electrons. The summed E-state index contributed by atoms with van der Waals surface area (Å²) in [4.78, 5) is 11.7. The molecule has 0 aliphatic heterocycles. The number of hydrogen-bond acceptors (Lipinski definition) is 2. The SMILES string of the molecule is Cc1[nH]ncc1CC(=O)N[C@@H](C(F)F)C1CCC1. The zero-order valence-corrected chi connectivity index (χ0v) is 10.2. The number of alkyl halides is 2. The number of nitrogens with zero attached hydrogens (tertiary/aromatic N) is 1. The van der Waals surface area contributed by atoms with E-state index >= 15 is 0 Å². The van der Waals surface area contributed by atoms with E-state index in [1.54, 1.807) is 13.1 Å². The van der Waals surface area contributed by atoms with Crippen LogP contribution in [0.4, 0.5) is 8.78 Å². The van der Waals surface area contributed by atoms with Gasteiger partial charge in [0.15, 0.2) is 0 Å². The van der Waals surface area contributed by atoms with Crippen LogP contribution in [0.25, 0.3) is 0 Å². The number of amides is 1. The summed E-state index contributed by atoms with van der Waals surface area (Å²) in [6, 6.07) is -1.00. The predicted molar refractivity (Wildman–Crippen MR) is 62.3 cm³/mol. The second kappa shape index (κ2) is 5.46. The van der Waals surface area contributed by atoms with Gasteiger partial charge in [0.2, 0.25) is 5.91 Å². The van der Waals surface area contributed by atoms with E-state index in [0.29, 0.717) is 0 Å². The summed E-state index contributed by atoms with van der Waals surface area (Å²) in [6.07, 6.45) is 1.68. The van der Waals surface area contributed by atoms with E-state index in [2.05, 4.69) is 15.5 Å². The second-order valence-electron chi connectivity index (χ2n) is 4.82. The highest BCUT2D eigenvalue weighted by molar-refractivity contribution is 5.79. The molecule has 1 fully saturated rings. The minimum absolute atomic E-state index is 0.0700. The molecule has 4 nitrogen and oxygen atoms in total. The van der Waals surface area contributed by atoms with Crippen molar-refractivity contribution in [2.24, 2.45) is 5.92 Å². The van der Waals surface area contributed by atoms with Gasteiger partial charge in [0.05, 0.1) is 18.7 Å². The molecule has 1 atom stereocenters. The largest absolute Gasteiger partial charge is 0.347 e. The van der Waals surface area contributed by atoms with Crippen LogP contribution in [-0.4, -0.2) is 28.6 Å². The minimum Gasteiger partial charge on any atom is -0.347 e. The van der Waals surface area contributed by atoms with Crippen LogP contribution in [0, 0.1) is 12.8 Å². The van der Waals surface area contributed by atoms with Crippen molar-refractivity contribution in [1.29, 1.82) is 0 Å². The molecule has 0 spiro atoms. The summed E-state index contributed by atoms with van der Waals surface area (Å²) < 4.78 is 25.7. The Balaban J connectivity index is 1.90. The minimum atomic E-state index is -2.50. The van der Waals surface area contributed by atoms with Crippen molar-refractivity contribution in [1.82, 2.24) is 15.5 Å². The summed E-state index contributed by atoms with van der Waals surface area (Å²) >= 11 is 0. The van der Waals surface area contributed by atoms with Gasteiger partial charge in [-0.1, -0.05) is 6.42 Å². The molecule has 0 radical (unpaired) electrons. The van der Waals surface area contributed by atoms with Gasteiger partial charge in [0, 0.05) is 11.3 Å². The zero-order chi connectivity index (χ0) is 13.1. The van der Waals surface area contributed by atoms with Crippen LogP contribution in [0.1, 0.15) is 30.5 Å². The lowest BCUT2D eigenvalue weighted by molar-refractivity contribution is -0.123. The van der Waals surface area contributed by atoms with Gasteiger partial charge in [0.1, 0.15) is 0 Å². The lowest BCUT2D eigenvalue weighted by Gasteiger charge is -2.33. The number of aromatic nitrogens is 2. The average molecular weight is 257 g/mol. The zero-order valence-electron chi connectivity index (χ0n) is 10.2. The number of halogens is 2. The normalized spacial score (nSPS) is 17.6. The molecule has 1 aromatic rings. The monoisotopic (exact) mass is 257 g/mol. The molecule has 6 heteroatoms. The first kappa shape index (κ1) is 13.0. The van der Waals surface area contributed by atoms with E-state index < -0.39 is 12.5 Å². The van der Waals surface area contributed by atoms with Crippen LogP contribution in [0.2, 0.25) is 0 Å². The number of rotatable bonds is 5. The van der Waals surface area contributed by atoms with Crippen molar-refractivity contribution in [3.8, 4) is 0 Å².